The number of phosphoric ester groups is 2. The summed E-state index contributed by atoms with van der Waals surface area (Å²) >= 11 is 0. The molecule has 0 amide bonds. The molecule has 18 nitrogen and oxygen atoms in total. The third kappa shape index (κ3) is 6.44. The number of nitrogens with zero attached hydrogens (tertiary/aromatic N) is 4. The number of ether oxygens (including phenoxy) is 1. The first-order chi connectivity index (χ1) is 15.6. The first-order valence-corrected chi connectivity index (χ1v) is 13.8. The van der Waals surface area contributed by atoms with Crippen LogP contribution in [0.2, 0.25) is 0 Å². The van der Waals surface area contributed by atoms with Gasteiger partial charge in [0.2, 0.25) is 0 Å². The third-order valence-electron chi connectivity index (χ3n) is 4.16. The van der Waals surface area contributed by atoms with Gasteiger partial charge in [-0.25, -0.2) is 28.6 Å². The Morgan fingerprint density at radius 2 is 1.71 bits per heavy atom. The number of imidazole rings is 1. The maximum atomic E-state index is 12.0. The molecule has 0 radical (unpaired) electrons. The Morgan fingerprint density at radius 1 is 1.06 bits per heavy atom. The molecule has 21 heteroatoms. The summed E-state index contributed by atoms with van der Waals surface area (Å²) in [4.78, 5) is 40.3. The number of phosphoric acid groups is 3. The second-order valence-electron chi connectivity index (χ2n) is 7.15. The Morgan fingerprint density at radius 3 is 2.35 bits per heavy atom. The smallest absolute Gasteiger partial charge is 0.387 e. The zero-order chi connectivity index (χ0) is 25.5. The number of aliphatic hydroxyl groups is 2. The zero-order valence-corrected chi connectivity index (χ0v) is 20.1. The molecule has 0 spiro atoms. The second kappa shape index (κ2) is 9.95. The first kappa shape index (κ1) is 27.2. The lowest BCUT2D eigenvalue weighted by Crippen LogP contribution is -2.33. The van der Waals surface area contributed by atoms with Crippen LogP contribution >= 0.6 is 23.5 Å². The Hall–Kier alpha value is -1.36. The summed E-state index contributed by atoms with van der Waals surface area (Å²) in [6.45, 7) is 1.71. The van der Waals surface area contributed by atoms with E-state index in [0.717, 1.165) is 6.33 Å². The van der Waals surface area contributed by atoms with E-state index >= 15 is 0 Å². The highest BCUT2D eigenvalue weighted by Crippen LogP contribution is 2.68. The molecular weight excluding hydrogens is 527 g/mol. The lowest BCUT2D eigenvalue weighted by molar-refractivity contribution is -0.0503. The minimum atomic E-state index is -5.63. The minimum absolute atomic E-state index is 0.0527. The van der Waals surface area contributed by atoms with Gasteiger partial charge in [-0.3, -0.25) is 13.6 Å². The molecule has 1 aliphatic rings. The molecule has 2 aromatic heterocycles. The molecule has 0 aromatic carbocycles. The van der Waals surface area contributed by atoms with E-state index in [2.05, 4.69) is 32.6 Å². The third-order valence-corrected chi connectivity index (χ3v) is 8.62. The summed E-state index contributed by atoms with van der Waals surface area (Å²) in [6, 6.07) is 0. The van der Waals surface area contributed by atoms with Gasteiger partial charge in [-0.05, 0) is 13.8 Å². The normalized spacial score (nSPS) is 28.6. The number of hydrogen-bond donors (Lipinski definition) is 6. The van der Waals surface area contributed by atoms with Crippen molar-refractivity contribution in [3.63, 3.8) is 0 Å². The Balaban J connectivity index is 1.65. The van der Waals surface area contributed by atoms with Gasteiger partial charge in [0.1, 0.15) is 30.2 Å². The van der Waals surface area contributed by atoms with Crippen molar-refractivity contribution >= 4 is 40.4 Å². The minimum Gasteiger partial charge on any atom is -0.387 e. The standard InChI is InChI=1S/C13H22N5O13P3/c1-6(2)29-33(23,24)31-34(25,26)30-32(21,22)27-3-7-9(19)10(20)13(28-7)18-5-17-8-11(14)15-4-16-12(8)18/h4-7,9-10,13,19-20H,3H2,1-2H3,(H,21,22)(H,23,24)(H,25,26)(H2,14,15,16)/t7-,9-,10-,13-/m1/s1. The van der Waals surface area contributed by atoms with Crippen molar-refractivity contribution in [2.24, 2.45) is 0 Å². The van der Waals surface area contributed by atoms with Crippen molar-refractivity contribution in [2.45, 2.75) is 44.5 Å². The largest absolute Gasteiger partial charge is 0.490 e. The van der Waals surface area contributed by atoms with E-state index in [-0.39, 0.29) is 17.0 Å². The van der Waals surface area contributed by atoms with Crippen LogP contribution in [0.25, 0.3) is 11.2 Å². The molecule has 1 aliphatic heterocycles. The summed E-state index contributed by atoms with van der Waals surface area (Å²) in [5.41, 5.74) is 6.06. The summed E-state index contributed by atoms with van der Waals surface area (Å²) < 4.78 is 59.0. The number of nitrogen functional groups attached to an aromatic ring is 1. The summed E-state index contributed by atoms with van der Waals surface area (Å²) in [6.07, 6.45) is -4.50. The van der Waals surface area contributed by atoms with Crippen LogP contribution in [-0.4, -0.2) is 75.4 Å². The molecular formula is C13H22N5O13P3. The van der Waals surface area contributed by atoms with Crippen molar-refractivity contribution in [3.8, 4) is 0 Å². The van der Waals surface area contributed by atoms with Crippen molar-refractivity contribution in [3.05, 3.63) is 12.7 Å². The maximum absolute atomic E-state index is 12.0. The van der Waals surface area contributed by atoms with Gasteiger partial charge in [-0.1, -0.05) is 0 Å². The van der Waals surface area contributed by atoms with Crippen molar-refractivity contribution in [2.75, 3.05) is 12.3 Å². The number of fused-ring (bicyclic) bond motifs is 1. The Labute approximate surface area is 191 Å². The molecule has 0 aliphatic carbocycles. The topological polar surface area (TPSA) is 268 Å². The van der Waals surface area contributed by atoms with Crippen LogP contribution in [0.15, 0.2) is 12.7 Å². The molecule has 7 atom stereocenters. The quantitative estimate of drug-likeness (QED) is 0.209. The fourth-order valence-electron chi connectivity index (χ4n) is 2.91. The average Bonchev–Trinajstić information content (AvgIpc) is 3.20. The van der Waals surface area contributed by atoms with Crippen LogP contribution in [0.1, 0.15) is 20.1 Å². The van der Waals surface area contributed by atoms with E-state index < -0.39 is 60.7 Å². The lowest BCUT2D eigenvalue weighted by atomic mass is 10.1. The second-order valence-corrected chi connectivity index (χ2v) is 11.7. The first-order valence-electron chi connectivity index (χ1n) is 9.29. The highest BCUT2D eigenvalue weighted by molar-refractivity contribution is 7.66. The molecule has 2 aromatic rings. The fourth-order valence-corrected chi connectivity index (χ4v) is 6.59. The number of anilines is 1. The number of rotatable bonds is 10. The molecule has 1 saturated heterocycles. The molecule has 34 heavy (non-hydrogen) atoms. The number of aromatic nitrogens is 4. The lowest BCUT2D eigenvalue weighted by Gasteiger charge is -2.20. The Kier molecular flexibility index (Phi) is 7.97. The highest BCUT2D eigenvalue weighted by Gasteiger charge is 2.47. The number of hydrogen-bond acceptors (Lipinski definition) is 14. The number of nitrogens with two attached hydrogens (primary N) is 1. The molecule has 192 valence electrons. The molecule has 3 unspecified atom stereocenters. The van der Waals surface area contributed by atoms with Gasteiger partial charge in [0, 0.05) is 0 Å². The van der Waals surface area contributed by atoms with E-state index in [0.29, 0.717) is 0 Å². The van der Waals surface area contributed by atoms with Gasteiger partial charge in [0.25, 0.3) is 0 Å². The van der Waals surface area contributed by atoms with E-state index in [1.54, 1.807) is 0 Å². The predicted molar refractivity (Wildman–Crippen MR) is 109 cm³/mol. The molecule has 1 fully saturated rings. The van der Waals surface area contributed by atoms with Crippen LogP contribution < -0.4 is 5.73 Å². The molecule has 7 N–H and O–H groups in total. The van der Waals surface area contributed by atoms with Gasteiger partial charge in [0.15, 0.2) is 17.7 Å². The molecule has 3 rings (SSSR count). The summed E-state index contributed by atoms with van der Waals surface area (Å²) in [5.74, 6) is 0.0527. The highest BCUT2D eigenvalue weighted by atomic mass is 31.3. The van der Waals surface area contributed by atoms with Gasteiger partial charge in [0.05, 0.1) is 19.0 Å². The van der Waals surface area contributed by atoms with Crippen molar-refractivity contribution in [1.29, 1.82) is 0 Å². The summed E-state index contributed by atoms with van der Waals surface area (Å²) in [5, 5.41) is 20.6. The van der Waals surface area contributed by atoms with E-state index in [4.69, 9.17) is 10.5 Å². The van der Waals surface area contributed by atoms with Gasteiger partial charge < -0.3 is 35.4 Å². The van der Waals surface area contributed by atoms with Crippen molar-refractivity contribution in [1.82, 2.24) is 19.5 Å². The van der Waals surface area contributed by atoms with Crippen molar-refractivity contribution < 1.29 is 61.0 Å². The van der Waals surface area contributed by atoms with Crippen LogP contribution in [0.4, 0.5) is 5.82 Å². The molecule has 0 bridgehead atoms. The van der Waals surface area contributed by atoms with Crippen LogP contribution in [0.5, 0.6) is 0 Å². The maximum Gasteiger partial charge on any atom is 0.490 e. The van der Waals surface area contributed by atoms with Gasteiger partial charge in [-0.2, -0.15) is 8.62 Å². The zero-order valence-electron chi connectivity index (χ0n) is 17.5. The SMILES string of the molecule is CC(C)OP(=O)(O)OP(=O)(O)OP(=O)(O)OC[C@H]1O[C@@H](n2cnc3c(N)ncnc32)[C@H](O)[C@@H]1O. The van der Waals surface area contributed by atoms with Gasteiger partial charge >= 0.3 is 23.5 Å². The number of aliphatic hydroxyl groups excluding tert-OH is 2. The fraction of sp³-hybridized carbons (Fsp3) is 0.615. The average molecular weight is 549 g/mol. The van der Waals surface area contributed by atoms with Crippen LogP contribution in [0, 0.1) is 0 Å². The molecule has 0 saturated carbocycles. The van der Waals surface area contributed by atoms with E-state index in [1.165, 1.54) is 24.7 Å². The molecule has 3 heterocycles. The van der Waals surface area contributed by atoms with E-state index in [1.807, 2.05) is 0 Å². The van der Waals surface area contributed by atoms with E-state index in [9.17, 15) is 38.6 Å². The monoisotopic (exact) mass is 549 g/mol. The predicted octanol–water partition coefficient (Wildman–Crippen LogP) is -0.196. The Bertz CT molecular complexity index is 1180. The van der Waals surface area contributed by atoms with Crippen LogP contribution in [0.3, 0.4) is 0 Å². The van der Waals surface area contributed by atoms with Crippen LogP contribution in [-0.2, 0) is 36.1 Å². The summed E-state index contributed by atoms with van der Waals surface area (Å²) in [7, 11) is -16.2. The van der Waals surface area contributed by atoms with Gasteiger partial charge in [-0.15, -0.1) is 0 Å².